The predicted molar refractivity (Wildman–Crippen MR) is 130 cm³/mol. The Bertz CT molecular complexity index is 1380. The Labute approximate surface area is 224 Å². The normalized spacial score (nSPS) is 17.9. The van der Waals surface area contributed by atoms with Gasteiger partial charge >= 0.3 is 12.4 Å². The molecule has 4 rings (SSSR count). The topological polar surface area (TPSA) is 93.5 Å². The van der Waals surface area contributed by atoms with Gasteiger partial charge in [0.15, 0.2) is 11.9 Å². The zero-order chi connectivity index (χ0) is 29.1. The van der Waals surface area contributed by atoms with Crippen LogP contribution in [0.1, 0.15) is 46.5 Å². The van der Waals surface area contributed by atoms with Gasteiger partial charge in [0.25, 0.3) is 11.8 Å². The number of hydrogen-bond acceptors (Lipinski definition) is 5. The minimum Gasteiger partial charge on any atom is -0.494 e. The molecule has 1 atom stereocenters. The van der Waals surface area contributed by atoms with E-state index in [1.54, 1.807) is 31.2 Å². The zero-order valence-electron chi connectivity index (χ0n) is 20.9. The highest BCUT2D eigenvalue weighted by Crippen LogP contribution is 2.48. The van der Waals surface area contributed by atoms with Gasteiger partial charge in [-0.15, -0.1) is 0 Å². The quantitative estimate of drug-likeness (QED) is 0.264. The smallest absolute Gasteiger partial charge is 0.416 e. The first-order valence-corrected chi connectivity index (χ1v) is 12.0. The maximum atomic E-state index is 14.8. The molecular weight excluding hydrogens is 544 g/mol. The van der Waals surface area contributed by atoms with E-state index in [0.717, 1.165) is 30.3 Å². The average Bonchev–Trinajstić information content (AvgIpc) is 3.43. The maximum absolute atomic E-state index is 14.8. The number of alkyl halides is 6. The number of benzene rings is 2. The predicted octanol–water partition coefficient (Wildman–Crippen LogP) is 5.82. The van der Waals surface area contributed by atoms with E-state index < -0.39 is 42.5 Å². The van der Waals surface area contributed by atoms with Gasteiger partial charge in [-0.25, -0.2) is 4.98 Å². The lowest BCUT2D eigenvalue weighted by Gasteiger charge is -2.41. The van der Waals surface area contributed by atoms with Crippen LogP contribution in [0.15, 0.2) is 71.2 Å². The molecule has 0 saturated heterocycles. The summed E-state index contributed by atoms with van der Waals surface area (Å²) < 4.78 is 91.6. The van der Waals surface area contributed by atoms with Crippen molar-refractivity contribution < 1.29 is 45.1 Å². The molecule has 2 amide bonds. The molecule has 1 aliphatic heterocycles. The summed E-state index contributed by atoms with van der Waals surface area (Å²) in [6, 6.07) is 11.0. The molecule has 2 aromatic carbocycles. The number of amides is 2. The molecule has 13 heteroatoms. The van der Waals surface area contributed by atoms with Crippen LogP contribution in [-0.2, 0) is 10.3 Å². The molecule has 2 heterocycles. The third kappa shape index (κ3) is 6.29. The van der Waals surface area contributed by atoms with Gasteiger partial charge in [0.2, 0.25) is 5.76 Å². The Kier molecular flexibility index (Phi) is 7.94. The van der Waals surface area contributed by atoms with Gasteiger partial charge in [0.05, 0.1) is 12.8 Å². The summed E-state index contributed by atoms with van der Waals surface area (Å²) in [5, 5.41) is 4.39. The van der Waals surface area contributed by atoms with E-state index in [-0.39, 0.29) is 46.9 Å². The molecule has 2 N–H and O–H groups in total. The first-order valence-electron chi connectivity index (χ1n) is 12.0. The third-order valence-corrected chi connectivity index (χ3v) is 6.30. The van der Waals surface area contributed by atoms with Crippen molar-refractivity contribution in [1.82, 2.24) is 15.6 Å². The van der Waals surface area contributed by atoms with Gasteiger partial charge < -0.3 is 19.8 Å². The highest BCUT2D eigenvalue weighted by atomic mass is 19.4. The molecule has 1 aliphatic rings. The van der Waals surface area contributed by atoms with Crippen LogP contribution in [0.5, 0.6) is 5.75 Å². The van der Waals surface area contributed by atoms with Crippen LogP contribution >= 0.6 is 0 Å². The van der Waals surface area contributed by atoms with Crippen molar-refractivity contribution in [3.63, 3.8) is 0 Å². The van der Waals surface area contributed by atoms with Crippen molar-refractivity contribution in [2.24, 2.45) is 0 Å². The van der Waals surface area contributed by atoms with Crippen molar-refractivity contribution in [1.29, 1.82) is 0 Å². The maximum Gasteiger partial charge on any atom is 0.416 e. The van der Waals surface area contributed by atoms with E-state index in [0.29, 0.717) is 0 Å². The summed E-state index contributed by atoms with van der Waals surface area (Å²) in [6.45, 7) is 1.50. The van der Waals surface area contributed by atoms with Crippen LogP contribution in [0.3, 0.4) is 0 Å². The lowest BCUT2D eigenvalue weighted by Crippen LogP contribution is -2.60. The Hall–Kier alpha value is -4.29. The van der Waals surface area contributed by atoms with E-state index in [1.807, 2.05) is 5.32 Å². The van der Waals surface area contributed by atoms with Crippen LogP contribution in [0.25, 0.3) is 5.57 Å². The van der Waals surface area contributed by atoms with Crippen molar-refractivity contribution in [2.75, 3.05) is 6.61 Å². The van der Waals surface area contributed by atoms with Gasteiger partial charge in [0, 0.05) is 12.8 Å². The highest BCUT2D eigenvalue weighted by molar-refractivity contribution is 6.08. The van der Waals surface area contributed by atoms with Gasteiger partial charge in [0.1, 0.15) is 11.4 Å². The van der Waals surface area contributed by atoms with Crippen LogP contribution in [0.2, 0.25) is 0 Å². The summed E-state index contributed by atoms with van der Waals surface area (Å²) in [6.07, 6.45) is -9.41. The Balaban J connectivity index is 1.69. The van der Waals surface area contributed by atoms with Crippen molar-refractivity contribution in [2.45, 2.75) is 44.1 Å². The summed E-state index contributed by atoms with van der Waals surface area (Å²) in [5.74, 6) is -2.24. The Morgan fingerprint density at radius 1 is 1.07 bits per heavy atom. The average molecular weight is 567 g/mol. The second-order valence-corrected chi connectivity index (χ2v) is 9.16. The lowest BCUT2D eigenvalue weighted by atomic mass is 9.77. The number of rotatable bonds is 8. The van der Waals surface area contributed by atoms with Crippen molar-refractivity contribution >= 4 is 17.4 Å². The number of oxazole rings is 1. The second-order valence-electron chi connectivity index (χ2n) is 9.16. The molecule has 40 heavy (non-hydrogen) atoms. The number of aryl methyl sites for hydroxylation is 1. The second kappa shape index (κ2) is 11.1. The van der Waals surface area contributed by atoms with E-state index in [9.17, 15) is 35.9 Å². The molecule has 1 aromatic heterocycles. The lowest BCUT2D eigenvalue weighted by molar-refractivity contribution is -0.201. The van der Waals surface area contributed by atoms with Crippen LogP contribution in [-0.4, -0.2) is 35.8 Å². The first-order chi connectivity index (χ1) is 18.8. The minimum atomic E-state index is -4.99. The van der Waals surface area contributed by atoms with Crippen molar-refractivity contribution in [3.8, 4) is 5.75 Å². The standard InChI is InChI=1S/C27H23F6N3O4/c1-16-3-5-17(6-4-16)20-13-25(27(31,32)33,36-24(38)22(20)35-23(37)21-14-34-15-40-21)18-7-9-19(10-8-18)39-12-2-11-26(28,29)30/h3-10,14-15H,2,11-13H2,1H3,(H,35,37)(H,36,38). The van der Waals surface area contributed by atoms with Gasteiger partial charge in [-0.2, -0.15) is 26.3 Å². The van der Waals surface area contributed by atoms with Crippen LogP contribution < -0.4 is 15.4 Å². The number of aromatic nitrogens is 1. The summed E-state index contributed by atoms with van der Waals surface area (Å²) in [5.41, 5.74) is -2.56. The molecule has 0 bridgehead atoms. The number of carbonyl (C=O) groups excluding carboxylic acids is 2. The summed E-state index contributed by atoms with van der Waals surface area (Å²) in [4.78, 5) is 29.5. The zero-order valence-corrected chi connectivity index (χ0v) is 20.9. The molecule has 0 saturated carbocycles. The van der Waals surface area contributed by atoms with Crippen molar-refractivity contribution in [3.05, 3.63) is 89.3 Å². The number of carbonyl (C=O) groups is 2. The highest BCUT2D eigenvalue weighted by Gasteiger charge is 2.59. The molecule has 1 unspecified atom stereocenters. The van der Waals surface area contributed by atoms with E-state index in [4.69, 9.17) is 9.15 Å². The molecule has 0 radical (unpaired) electrons. The van der Waals surface area contributed by atoms with E-state index in [1.165, 1.54) is 12.1 Å². The van der Waals surface area contributed by atoms with E-state index >= 15 is 0 Å². The largest absolute Gasteiger partial charge is 0.494 e. The molecule has 0 aliphatic carbocycles. The van der Waals surface area contributed by atoms with Gasteiger partial charge in [-0.05, 0) is 42.2 Å². The number of ether oxygens (including phenoxy) is 1. The molecule has 212 valence electrons. The SMILES string of the molecule is Cc1ccc(C2=C(NC(=O)c3cnco3)C(=O)NC(c3ccc(OCCCC(F)(F)F)cc3)(C(F)(F)F)C2)cc1. The fourth-order valence-electron chi connectivity index (χ4n) is 4.23. The number of nitrogens with zero attached hydrogens (tertiary/aromatic N) is 1. The summed E-state index contributed by atoms with van der Waals surface area (Å²) in [7, 11) is 0. The molecule has 3 aromatic rings. The number of hydrogen-bond donors (Lipinski definition) is 2. The van der Waals surface area contributed by atoms with Crippen LogP contribution in [0.4, 0.5) is 26.3 Å². The monoisotopic (exact) mass is 567 g/mol. The van der Waals surface area contributed by atoms with Crippen LogP contribution in [0, 0.1) is 6.92 Å². The third-order valence-electron chi connectivity index (χ3n) is 6.30. The molecule has 7 nitrogen and oxygen atoms in total. The minimum absolute atomic E-state index is 0.0681. The molecule has 0 spiro atoms. The fraction of sp³-hybridized carbons (Fsp3) is 0.296. The summed E-state index contributed by atoms with van der Waals surface area (Å²) >= 11 is 0. The van der Waals surface area contributed by atoms with Gasteiger partial charge in [-0.3, -0.25) is 9.59 Å². The number of halogens is 6. The first kappa shape index (κ1) is 28.7. The van der Waals surface area contributed by atoms with E-state index in [2.05, 4.69) is 10.3 Å². The fourth-order valence-corrected chi connectivity index (χ4v) is 4.23. The molecular formula is C27H23F6N3O4. The Morgan fingerprint density at radius 2 is 1.75 bits per heavy atom. The Morgan fingerprint density at radius 3 is 2.33 bits per heavy atom. The van der Waals surface area contributed by atoms with Gasteiger partial charge in [-0.1, -0.05) is 42.0 Å². The molecule has 0 fully saturated rings. The number of nitrogens with one attached hydrogen (secondary N) is 2.